The van der Waals surface area contributed by atoms with Gasteiger partial charge in [0.2, 0.25) is 0 Å². The molecule has 156 valence electrons. The van der Waals surface area contributed by atoms with Gasteiger partial charge >= 0.3 is 5.63 Å². The third-order valence-electron chi connectivity index (χ3n) is 5.29. The van der Waals surface area contributed by atoms with Gasteiger partial charge in [-0.1, -0.05) is 18.2 Å². The lowest BCUT2D eigenvalue weighted by atomic mass is 10.1. The van der Waals surface area contributed by atoms with Crippen molar-refractivity contribution >= 4 is 16.9 Å². The lowest BCUT2D eigenvalue weighted by Gasteiger charge is -2.28. The van der Waals surface area contributed by atoms with Gasteiger partial charge < -0.3 is 14.1 Å². The van der Waals surface area contributed by atoms with Crippen molar-refractivity contribution in [3.05, 3.63) is 76.4 Å². The van der Waals surface area contributed by atoms with Crippen LogP contribution in [0.2, 0.25) is 0 Å². The predicted molar refractivity (Wildman–Crippen MR) is 113 cm³/mol. The number of hydrogen-bond acceptors (Lipinski definition) is 6. The number of pyridine rings is 1. The fraction of sp³-hybridized carbons (Fsp3) is 0.348. The molecule has 0 atom stereocenters. The summed E-state index contributed by atoms with van der Waals surface area (Å²) in [6.45, 7) is 5.16. The summed E-state index contributed by atoms with van der Waals surface area (Å²) in [6, 6.07) is 12.6. The third kappa shape index (κ3) is 4.93. The van der Waals surface area contributed by atoms with Gasteiger partial charge in [0.25, 0.3) is 5.91 Å². The molecule has 1 amide bonds. The highest BCUT2D eigenvalue weighted by Crippen LogP contribution is 2.15. The van der Waals surface area contributed by atoms with E-state index in [1.54, 1.807) is 35.5 Å². The molecule has 1 fully saturated rings. The van der Waals surface area contributed by atoms with Crippen molar-refractivity contribution in [2.75, 3.05) is 39.4 Å². The Bertz CT molecular complexity index is 1050. The van der Waals surface area contributed by atoms with E-state index in [0.29, 0.717) is 18.7 Å². The Labute approximate surface area is 174 Å². The van der Waals surface area contributed by atoms with E-state index in [4.69, 9.17) is 9.15 Å². The van der Waals surface area contributed by atoms with Crippen molar-refractivity contribution in [3.8, 4) is 0 Å². The van der Waals surface area contributed by atoms with Crippen molar-refractivity contribution in [3.63, 3.8) is 0 Å². The normalized spacial score (nSPS) is 14.7. The van der Waals surface area contributed by atoms with E-state index in [2.05, 4.69) is 9.88 Å². The zero-order valence-corrected chi connectivity index (χ0v) is 16.8. The van der Waals surface area contributed by atoms with E-state index in [1.165, 1.54) is 0 Å². The molecule has 0 spiro atoms. The fourth-order valence-electron chi connectivity index (χ4n) is 3.65. The molecule has 0 saturated carbocycles. The molecule has 0 bridgehead atoms. The zero-order chi connectivity index (χ0) is 20.8. The molecular formula is C23H25N3O4. The Morgan fingerprint density at radius 2 is 1.87 bits per heavy atom. The summed E-state index contributed by atoms with van der Waals surface area (Å²) in [5, 5.41) is 0.734. The monoisotopic (exact) mass is 407 g/mol. The molecule has 1 saturated heterocycles. The van der Waals surface area contributed by atoms with Gasteiger partial charge in [0.15, 0.2) is 0 Å². The van der Waals surface area contributed by atoms with Crippen LogP contribution < -0.4 is 5.63 Å². The van der Waals surface area contributed by atoms with E-state index in [1.807, 2.05) is 24.3 Å². The summed E-state index contributed by atoms with van der Waals surface area (Å²) in [7, 11) is 0. The van der Waals surface area contributed by atoms with Gasteiger partial charge in [0.05, 0.1) is 13.2 Å². The van der Waals surface area contributed by atoms with Crippen LogP contribution in [0, 0.1) is 0 Å². The molecule has 1 aromatic carbocycles. The Morgan fingerprint density at radius 1 is 1.10 bits per heavy atom. The summed E-state index contributed by atoms with van der Waals surface area (Å²) in [4.78, 5) is 33.9. The molecule has 3 heterocycles. The van der Waals surface area contributed by atoms with Crippen molar-refractivity contribution < 1.29 is 13.9 Å². The minimum Gasteiger partial charge on any atom is -0.422 e. The second-order valence-electron chi connectivity index (χ2n) is 7.38. The summed E-state index contributed by atoms with van der Waals surface area (Å²) in [5.74, 6) is -0.312. The van der Waals surface area contributed by atoms with Gasteiger partial charge in [-0.25, -0.2) is 4.79 Å². The maximum absolute atomic E-state index is 13.3. The number of benzene rings is 1. The summed E-state index contributed by atoms with van der Waals surface area (Å²) < 4.78 is 10.8. The maximum atomic E-state index is 13.3. The molecule has 7 nitrogen and oxygen atoms in total. The largest absolute Gasteiger partial charge is 0.422 e. The SMILES string of the molecule is O=C(c1cc2ccccc2oc1=O)N(CCCN1CCOCC1)Cc1ccncc1. The van der Waals surface area contributed by atoms with Crippen molar-refractivity contribution in [2.24, 2.45) is 0 Å². The number of para-hydroxylation sites is 1. The smallest absolute Gasteiger partial charge is 0.349 e. The minimum atomic E-state index is -0.605. The number of fused-ring (bicyclic) bond motifs is 1. The Morgan fingerprint density at radius 3 is 2.67 bits per heavy atom. The van der Waals surface area contributed by atoms with Gasteiger partial charge in [-0.3, -0.25) is 14.7 Å². The number of morpholine rings is 1. The number of carbonyl (C=O) groups excluding carboxylic acids is 1. The Balaban J connectivity index is 1.53. The number of nitrogens with zero attached hydrogens (tertiary/aromatic N) is 3. The van der Waals surface area contributed by atoms with Crippen molar-refractivity contribution in [2.45, 2.75) is 13.0 Å². The van der Waals surface area contributed by atoms with Crippen LogP contribution in [0.5, 0.6) is 0 Å². The molecule has 1 aliphatic heterocycles. The molecule has 30 heavy (non-hydrogen) atoms. The first-order valence-corrected chi connectivity index (χ1v) is 10.2. The second-order valence-corrected chi connectivity index (χ2v) is 7.38. The lowest BCUT2D eigenvalue weighted by molar-refractivity contribution is 0.0355. The summed E-state index contributed by atoms with van der Waals surface area (Å²) in [5.41, 5.74) is 0.905. The van der Waals surface area contributed by atoms with Crippen LogP contribution in [0.3, 0.4) is 0 Å². The first-order valence-electron chi connectivity index (χ1n) is 10.2. The average molecular weight is 407 g/mol. The predicted octanol–water partition coefficient (Wildman–Crippen LogP) is 2.55. The number of amides is 1. The van der Waals surface area contributed by atoms with Crippen molar-refractivity contribution in [1.82, 2.24) is 14.8 Å². The van der Waals surface area contributed by atoms with Crippen LogP contribution in [0.15, 0.2) is 64.1 Å². The summed E-state index contributed by atoms with van der Waals surface area (Å²) >= 11 is 0. The first kappa shape index (κ1) is 20.3. The van der Waals surface area contributed by atoms with Gasteiger partial charge in [-0.2, -0.15) is 0 Å². The van der Waals surface area contributed by atoms with Crippen LogP contribution >= 0.6 is 0 Å². The Hall–Kier alpha value is -3.03. The average Bonchev–Trinajstić information content (AvgIpc) is 2.79. The number of aromatic nitrogens is 1. The molecule has 7 heteroatoms. The van der Waals surface area contributed by atoms with Crippen LogP contribution in [0.1, 0.15) is 22.3 Å². The van der Waals surface area contributed by atoms with Gasteiger partial charge in [-0.05, 0) is 36.2 Å². The Kier molecular flexibility index (Phi) is 6.51. The topological polar surface area (TPSA) is 75.9 Å². The molecule has 0 radical (unpaired) electrons. The highest BCUT2D eigenvalue weighted by molar-refractivity contribution is 5.96. The molecule has 1 aliphatic rings. The molecule has 0 aliphatic carbocycles. The van der Waals surface area contributed by atoms with Gasteiger partial charge in [0, 0.05) is 50.5 Å². The van der Waals surface area contributed by atoms with E-state index in [0.717, 1.165) is 50.2 Å². The van der Waals surface area contributed by atoms with E-state index >= 15 is 0 Å². The van der Waals surface area contributed by atoms with Crippen LogP contribution in [-0.4, -0.2) is 60.1 Å². The van der Waals surface area contributed by atoms with Crippen LogP contribution in [0.4, 0.5) is 0 Å². The van der Waals surface area contributed by atoms with E-state index < -0.39 is 5.63 Å². The van der Waals surface area contributed by atoms with Gasteiger partial charge in [-0.15, -0.1) is 0 Å². The second kappa shape index (κ2) is 9.65. The molecule has 0 N–H and O–H groups in total. The van der Waals surface area contributed by atoms with E-state index in [-0.39, 0.29) is 11.5 Å². The fourth-order valence-corrected chi connectivity index (χ4v) is 3.65. The number of rotatable bonds is 7. The van der Waals surface area contributed by atoms with E-state index in [9.17, 15) is 9.59 Å². The van der Waals surface area contributed by atoms with Crippen molar-refractivity contribution in [1.29, 1.82) is 0 Å². The molecule has 2 aromatic heterocycles. The molecule has 4 rings (SSSR count). The standard InChI is InChI=1S/C23H25N3O4/c27-22(20-16-19-4-1-2-5-21(19)30-23(20)28)26(17-18-6-8-24-9-7-18)11-3-10-25-12-14-29-15-13-25/h1-2,4-9,16H,3,10-15,17H2. The highest BCUT2D eigenvalue weighted by Gasteiger charge is 2.21. The maximum Gasteiger partial charge on any atom is 0.349 e. The molecule has 0 unspecified atom stereocenters. The highest BCUT2D eigenvalue weighted by atomic mass is 16.5. The number of hydrogen-bond donors (Lipinski definition) is 0. The third-order valence-corrected chi connectivity index (χ3v) is 5.29. The quantitative estimate of drug-likeness (QED) is 0.561. The lowest BCUT2D eigenvalue weighted by Crippen LogP contribution is -2.39. The van der Waals surface area contributed by atoms with Crippen LogP contribution in [-0.2, 0) is 11.3 Å². The first-order chi connectivity index (χ1) is 14.7. The molecular weight excluding hydrogens is 382 g/mol. The van der Waals surface area contributed by atoms with Gasteiger partial charge in [0.1, 0.15) is 11.1 Å². The van der Waals surface area contributed by atoms with Crippen LogP contribution in [0.25, 0.3) is 11.0 Å². The minimum absolute atomic E-state index is 0.0640. The number of carbonyl (C=O) groups is 1. The summed E-state index contributed by atoms with van der Waals surface area (Å²) in [6.07, 6.45) is 4.22. The molecule has 3 aromatic rings. The number of ether oxygens (including phenoxy) is 1. The zero-order valence-electron chi connectivity index (χ0n) is 16.8.